The molecule has 0 atom stereocenters. The predicted molar refractivity (Wildman–Crippen MR) is 67.3 cm³/mol. The van der Waals surface area contributed by atoms with E-state index in [0.717, 1.165) is 11.3 Å². The van der Waals surface area contributed by atoms with Gasteiger partial charge in [0.05, 0.1) is 0 Å². The van der Waals surface area contributed by atoms with Crippen molar-refractivity contribution in [3.05, 3.63) is 29.6 Å². The van der Waals surface area contributed by atoms with Crippen LogP contribution in [0.15, 0.2) is 23.3 Å². The van der Waals surface area contributed by atoms with Crippen molar-refractivity contribution in [3.8, 4) is 0 Å². The molecule has 2 amide bonds. The Hall–Kier alpha value is -2.24. The van der Waals surface area contributed by atoms with Gasteiger partial charge in [0.1, 0.15) is 11.5 Å². The molecule has 0 bridgehead atoms. The number of halogens is 1. The maximum absolute atomic E-state index is 13.1. The number of hydrazone groups is 1. The molecule has 0 radical (unpaired) electrons. The molecular formula is C13H12FN3O2. The number of nitrogens with one attached hydrogen (secondary N) is 1. The first-order chi connectivity index (χ1) is 9.15. The van der Waals surface area contributed by atoms with Crippen molar-refractivity contribution >= 4 is 23.2 Å². The summed E-state index contributed by atoms with van der Waals surface area (Å²) in [7, 11) is 0. The van der Waals surface area contributed by atoms with Crippen molar-refractivity contribution in [1.82, 2.24) is 5.43 Å². The van der Waals surface area contributed by atoms with Crippen LogP contribution < -0.4 is 10.3 Å². The largest absolute Gasteiger partial charge is 0.307 e. The first kappa shape index (κ1) is 11.8. The first-order valence-electron chi connectivity index (χ1n) is 6.11. The molecule has 0 saturated heterocycles. The number of rotatable bonds is 1. The molecule has 0 spiro atoms. The molecule has 98 valence electrons. The predicted octanol–water partition coefficient (Wildman–Crippen LogP) is 0.981. The number of nitrogens with zero attached hydrogens (tertiary/aromatic N) is 2. The summed E-state index contributed by atoms with van der Waals surface area (Å²) in [5.41, 5.74) is 4.21. The van der Waals surface area contributed by atoms with Gasteiger partial charge in [0.15, 0.2) is 0 Å². The van der Waals surface area contributed by atoms with Gasteiger partial charge in [-0.25, -0.2) is 9.82 Å². The van der Waals surface area contributed by atoms with Gasteiger partial charge in [0.25, 0.3) is 5.91 Å². The highest BCUT2D eigenvalue weighted by atomic mass is 19.1. The standard InChI is InChI=1S/C13H12FN3O2/c14-9-1-3-11-8(7-9)5-6-17(11)13(19)10-2-4-12(18)16-15-10/h1,3,7H,2,4-6H2,(H,16,18). The summed E-state index contributed by atoms with van der Waals surface area (Å²) >= 11 is 0. The van der Waals surface area contributed by atoms with Crippen LogP contribution in [-0.4, -0.2) is 24.1 Å². The Labute approximate surface area is 109 Å². The zero-order valence-electron chi connectivity index (χ0n) is 10.1. The molecule has 2 aliphatic heterocycles. The van der Waals surface area contributed by atoms with Crippen LogP contribution in [0.4, 0.5) is 10.1 Å². The van der Waals surface area contributed by atoms with Crippen molar-refractivity contribution in [2.75, 3.05) is 11.4 Å². The third-order valence-corrected chi connectivity index (χ3v) is 3.33. The monoisotopic (exact) mass is 261 g/mol. The van der Waals surface area contributed by atoms with Crippen molar-refractivity contribution in [2.45, 2.75) is 19.3 Å². The summed E-state index contributed by atoms with van der Waals surface area (Å²) in [5.74, 6) is -0.693. The van der Waals surface area contributed by atoms with E-state index in [9.17, 15) is 14.0 Å². The van der Waals surface area contributed by atoms with Gasteiger partial charge in [-0.05, 0) is 30.2 Å². The minimum atomic E-state index is -0.296. The van der Waals surface area contributed by atoms with E-state index in [1.165, 1.54) is 12.1 Å². The Balaban J connectivity index is 1.86. The smallest absolute Gasteiger partial charge is 0.274 e. The Morgan fingerprint density at radius 3 is 2.89 bits per heavy atom. The second-order valence-electron chi connectivity index (χ2n) is 4.57. The van der Waals surface area contributed by atoms with Crippen molar-refractivity contribution < 1.29 is 14.0 Å². The number of hydrogen-bond acceptors (Lipinski definition) is 3. The lowest BCUT2D eigenvalue weighted by molar-refractivity contribution is -0.121. The number of hydrogen-bond donors (Lipinski definition) is 1. The number of anilines is 1. The summed E-state index contributed by atoms with van der Waals surface area (Å²) in [6, 6.07) is 4.40. The second-order valence-corrected chi connectivity index (χ2v) is 4.57. The van der Waals surface area contributed by atoms with E-state index in [1.54, 1.807) is 11.0 Å². The van der Waals surface area contributed by atoms with Gasteiger partial charge in [-0.15, -0.1) is 0 Å². The number of carbonyl (C=O) groups excluding carboxylic acids is 2. The molecule has 6 heteroatoms. The summed E-state index contributed by atoms with van der Waals surface area (Å²) < 4.78 is 13.1. The van der Waals surface area contributed by atoms with E-state index in [2.05, 4.69) is 10.5 Å². The van der Waals surface area contributed by atoms with Crippen LogP contribution in [0, 0.1) is 5.82 Å². The van der Waals surface area contributed by atoms with Crippen LogP contribution in [0.3, 0.4) is 0 Å². The Bertz CT molecular complexity index is 598. The molecule has 3 rings (SSSR count). The zero-order valence-corrected chi connectivity index (χ0v) is 10.1. The molecule has 5 nitrogen and oxygen atoms in total. The normalized spacial score (nSPS) is 17.8. The highest BCUT2D eigenvalue weighted by Gasteiger charge is 2.29. The SMILES string of the molecule is O=C1CCC(C(=O)N2CCc3cc(F)ccc32)=NN1. The van der Waals surface area contributed by atoms with Crippen LogP contribution in [0.1, 0.15) is 18.4 Å². The highest BCUT2D eigenvalue weighted by Crippen LogP contribution is 2.29. The molecule has 0 saturated carbocycles. The molecular weight excluding hydrogens is 249 g/mol. The second kappa shape index (κ2) is 4.46. The van der Waals surface area contributed by atoms with E-state index in [-0.39, 0.29) is 24.1 Å². The molecule has 0 fully saturated rings. The summed E-state index contributed by atoms with van der Waals surface area (Å²) in [6.45, 7) is 0.518. The fraction of sp³-hybridized carbons (Fsp3) is 0.308. The molecule has 1 aromatic carbocycles. The third kappa shape index (κ3) is 2.09. The van der Waals surface area contributed by atoms with E-state index >= 15 is 0 Å². The molecule has 0 unspecified atom stereocenters. The number of benzene rings is 1. The zero-order chi connectivity index (χ0) is 13.4. The van der Waals surface area contributed by atoms with E-state index in [4.69, 9.17) is 0 Å². The number of amides is 2. The van der Waals surface area contributed by atoms with Gasteiger partial charge in [-0.1, -0.05) is 0 Å². The maximum atomic E-state index is 13.1. The van der Waals surface area contributed by atoms with Crippen molar-refractivity contribution in [2.24, 2.45) is 5.10 Å². The lowest BCUT2D eigenvalue weighted by Crippen LogP contribution is -2.39. The van der Waals surface area contributed by atoms with Gasteiger partial charge < -0.3 is 4.90 Å². The molecule has 2 aliphatic rings. The topological polar surface area (TPSA) is 61.8 Å². The molecule has 2 heterocycles. The minimum absolute atomic E-state index is 0.180. The van der Waals surface area contributed by atoms with Crippen molar-refractivity contribution in [1.29, 1.82) is 0 Å². The fourth-order valence-corrected chi connectivity index (χ4v) is 2.37. The van der Waals surface area contributed by atoms with Gasteiger partial charge >= 0.3 is 0 Å². The van der Waals surface area contributed by atoms with Gasteiger partial charge in [0, 0.05) is 25.1 Å². The first-order valence-corrected chi connectivity index (χ1v) is 6.11. The van der Waals surface area contributed by atoms with Crippen LogP contribution in [0.25, 0.3) is 0 Å². The summed E-state index contributed by atoms with van der Waals surface area (Å²) in [6.07, 6.45) is 1.25. The molecule has 1 aromatic rings. The van der Waals surface area contributed by atoms with Crippen LogP contribution >= 0.6 is 0 Å². The molecule has 19 heavy (non-hydrogen) atoms. The third-order valence-electron chi connectivity index (χ3n) is 3.33. The lowest BCUT2D eigenvalue weighted by atomic mass is 10.1. The van der Waals surface area contributed by atoms with Crippen LogP contribution in [-0.2, 0) is 16.0 Å². The quantitative estimate of drug-likeness (QED) is 0.819. The van der Waals surface area contributed by atoms with Crippen LogP contribution in [0.2, 0.25) is 0 Å². The van der Waals surface area contributed by atoms with Gasteiger partial charge in [0.2, 0.25) is 5.91 Å². The highest BCUT2D eigenvalue weighted by molar-refractivity contribution is 6.44. The summed E-state index contributed by atoms with van der Waals surface area (Å²) in [5, 5.41) is 3.80. The van der Waals surface area contributed by atoms with E-state index < -0.39 is 0 Å². The fourth-order valence-electron chi connectivity index (χ4n) is 2.37. The molecule has 0 aliphatic carbocycles. The Kier molecular flexibility index (Phi) is 2.77. The van der Waals surface area contributed by atoms with E-state index in [0.29, 0.717) is 25.1 Å². The van der Waals surface area contributed by atoms with Gasteiger partial charge in [-0.2, -0.15) is 5.10 Å². The number of fused-ring (bicyclic) bond motifs is 1. The van der Waals surface area contributed by atoms with E-state index in [1.807, 2.05) is 0 Å². The Morgan fingerprint density at radius 1 is 1.32 bits per heavy atom. The molecule has 1 N–H and O–H groups in total. The minimum Gasteiger partial charge on any atom is -0.307 e. The number of carbonyl (C=O) groups is 2. The average Bonchev–Trinajstić information content (AvgIpc) is 2.81. The lowest BCUT2D eigenvalue weighted by Gasteiger charge is -2.20. The average molecular weight is 261 g/mol. The van der Waals surface area contributed by atoms with Crippen molar-refractivity contribution in [3.63, 3.8) is 0 Å². The molecule has 0 aromatic heterocycles. The van der Waals surface area contributed by atoms with Crippen LogP contribution in [0.5, 0.6) is 0 Å². The Morgan fingerprint density at radius 2 is 2.16 bits per heavy atom. The van der Waals surface area contributed by atoms with Gasteiger partial charge in [-0.3, -0.25) is 9.59 Å². The maximum Gasteiger partial charge on any atom is 0.274 e. The summed E-state index contributed by atoms with van der Waals surface area (Å²) in [4.78, 5) is 24.9.